The number of hydrogen-bond donors (Lipinski definition) is 1. The third-order valence-corrected chi connectivity index (χ3v) is 5.44. The minimum atomic E-state index is -0.451. The number of carbonyl (C=O) groups excluding carboxylic acids is 2. The molecule has 1 fully saturated rings. The lowest BCUT2D eigenvalue weighted by Crippen LogP contribution is -2.42. The van der Waals surface area contributed by atoms with E-state index in [1.165, 1.54) is 17.8 Å². The molecule has 3 rings (SSSR count). The molecule has 26 heavy (non-hydrogen) atoms. The van der Waals surface area contributed by atoms with E-state index in [4.69, 9.17) is 9.26 Å². The summed E-state index contributed by atoms with van der Waals surface area (Å²) < 4.78 is 10.2. The first-order valence-corrected chi connectivity index (χ1v) is 9.81. The van der Waals surface area contributed by atoms with Gasteiger partial charge in [-0.25, -0.2) is 0 Å². The molecule has 1 amide bonds. The Morgan fingerprint density at radius 1 is 1.38 bits per heavy atom. The molecule has 0 saturated heterocycles. The van der Waals surface area contributed by atoms with E-state index < -0.39 is 5.97 Å². The second-order valence-corrected chi connectivity index (χ2v) is 7.53. The second-order valence-electron chi connectivity index (χ2n) is 6.59. The quantitative estimate of drug-likeness (QED) is 0.746. The number of esters is 1. The van der Waals surface area contributed by atoms with Crippen LogP contribution in [-0.4, -0.2) is 34.7 Å². The monoisotopic (exact) mass is 377 g/mol. The van der Waals surface area contributed by atoms with E-state index in [0.29, 0.717) is 24.1 Å². The molecule has 0 unspecified atom stereocenters. The van der Waals surface area contributed by atoms with Crippen LogP contribution in [0.25, 0.3) is 10.7 Å². The number of aromatic nitrogens is 2. The van der Waals surface area contributed by atoms with Crippen LogP contribution in [-0.2, 0) is 20.7 Å². The maximum absolute atomic E-state index is 11.9. The summed E-state index contributed by atoms with van der Waals surface area (Å²) in [6, 6.07) is 4.00. The predicted octanol–water partition coefficient (Wildman–Crippen LogP) is 2.97. The molecule has 2 aromatic heterocycles. The summed E-state index contributed by atoms with van der Waals surface area (Å²) >= 11 is 1.52. The fraction of sp³-hybridized carbons (Fsp3) is 0.556. The zero-order valence-electron chi connectivity index (χ0n) is 14.8. The molecular weight excluding hydrogens is 354 g/mol. The molecule has 8 heteroatoms. The number of thiophene rings is 1. The summed E-state index contributed by atoms with van der Waals surface area (Å²) in [5, 5.41) is 8.78. The highest BCUT2D eigenvalue weighted by Crippen LogP contribution is 2.23. The van der Waals surface area contributed by atoms with Gasteiger partial charge in [-0.1, -0.05) is 31.0 Å². The zero-order valence-corrected chi connectivity index (χ0v) is 15.6. The number of ether oxygens (including phenoxy) is 1. The van der Waals surface area contributed by atoms with Crippen molar-refractivity contribution in [2.45, 2.75) is 51.5 Å². The molecule has 0 aromatic carbocycles. The van der Waals surface area contributed by atoms with Crippen LogP contribution in [0.15, 0.2) is 22.0 Å². The third kappa shape index (κ3) is 5.14. The van der Waals surface area contributed by atoms with Crippen LogP contribution in [0, 0.1) is 5.92 Å². The van der Waals surface area contributed by atoms with Crippen molar-refractivity contribution in [2.75, 3.05) is 6.61 Å². The van der Waals surface area contributed by atoms with Crippen molar-refractivity contribution in [3.05, 3.63) is 23.4 Å². The lowest BCUT2D eigenvalue weighted by atomic mass is 9.86. The summed E-state index contributed by atoms with van der Waals surface area (Å²) in [7, 11) is 0. The number of nitrogens with one attached hydrogen (secondary N) is 1. The Labute approximate surface area is 156 Å². The highest BCUT2D eigenvalue weighted by Gasteiger charge is 2.23. The summed E-state index contributed by atoms with van der Waals surface area (Å²) in [4.78, 5) is 28.9. The van der Waals surface area contributed by atoms with E-state index in [0.717, 1.165) is 24.1 Å². The lowest BCUT2D eigenvalue weighted by molar-refractivity contribution is -0.148. The van der Waals surface area contributed by atoms with Gasteiger partial charge in [-0.3, -0.25) is 9.59 Å². The molecule has 1 aliphatic rings. The van der Waals surface area contributed by atoms with Crippen molar-refractivity contribution >= 4 is 23.2 Å². The maximum atomic E-state index is 11.9. The predicted molar refractivity (Wildman–Crippen MR) is 96.5 cm³/mol. The van der Waals surface area contributed by atoms with Crippen molar-refractivity contribution in [2.24, 2.45) is 5.92 Å². The van der Waals surface area contributed by atoms with E-state index in [9.17, 15) is 9.59 Å². The van der Waals surface area contributed by atoms with Crippen LogP contribution in [0.5, 0.6) is 0 Å². The topological polar surface area (TPSA) is 94.3 Å². The van der Waals surface area contributed by atoms with Gasteiger partial charge in [-0.2, -0.15) is 4.98 Å². The Balaban J connectivity index is 1.37. The van der Waals surface area contributed by atoms with E-state index in [1.807, 2.05) is 17.5 Å². The van der Waals surface area contributed by atoms with Crippen LogP contribution in [0.4, 0.5) is 0 Å². The van der Waals surface area contributed by atoms with Crippen LogP contribution < -0.4 is 5.32 Å². The Morgan fingerprint density at radius 3 is 3.00 bits per heavy atom. The van der Waals surface area contributed by atoms with Crippen molar-refractivity contribution in [3.63, 3.8) is 0 Å². The second kappa shape index (κ2) is 8.93. The minimum Gasteiger partial charge on any atom is -0.456 e. The number of nitrogens with zero attached hydrogens (tertiary/aromatic N) is 2. The van der Waals surface area contributed by atoms with Gasteiger partial charge in [0.15, 0.2) is 6.61 Å². The van der Waals surface area contributed by atoms with Crippen molar-refractivity contribution in [1.29, 1.82) is 0 Å². The SMILES string of the molecule is C[C@H]1CCCC[C@H]1NC(=O)COC(=O)CCc1nc(-c2cccs2)no1. The van der Waals surface area contributed by atoms with E-state index in [1.54, 1.807) is 0 Å². The molecule has 140 valence electrons. The molecule has 0 aliphatic heterocycles. The van der Waals surface area contributed by atoms with Crippen LogP contribution >= 0.6 is 11.3 Å². The first kappa shape index (κ1) is 18.6. The number of rotatable bonds is 7. The van der Waals surface area contributed by atoms with Gasteiger partial charge >= 0.3 is 5.97 Å². The van der Waals surface area contributed by atoms with Crippen molar-refractivity contribution in [1.82, 2.24) is 15.5 Å². The van der Waals surface area contributed by atoms with Gasteiger partial charge in [-0.15, -0.1) is 11.3 Å². The Morgan fingerprint density at radius 2 is 2.23 bits per heavy atom. The fourth-order valence-electron chi connectivity index (χ4n) is 3.07. The Hall–Kier alpha value is -2.22. The van der Waals surface area contributed by atoms with Gasteiger partial charge in [0.2, 0.25) is 11.7 Å². The summed E-state index contributed by atoms with van der Waals surface area (Å²) in [5.74, 6) is 0.677. The number of amides is 1. The van der Waals surface area contributed by atoms with E-state index in [-0.39, 0.29) is 25.0 Å². The van der Waals surface area contributed by atoms with Gasteiger partial charge in [0.05, 0.1) is 11.3 Å². The number of hydrogen-bond acceptors (Lipinski definition) is 7. The van der Waals surface area contributed by atoms with Crippen molar-refractivity contribution < 1.29 is 18.8 Å². The van der Waals surface area contributed by atoms with Crippen molar-refractivity contribution in [3.8, 4) is 10.7 Å². The fourth-order valence-corrected chi connectivity index (χ4v) is 3.72. The van der Waals surface area contributed by atoms with E-state index in [2.05, 4.69) is 22.4 Å². The number of carbonyl (C=O) groups is 2. The van der Waals surface area contributed by atoms with Gasteiger partial charge in [-0.05, 0) is 30.2 Å². The highest BCUT2D eigenvalue weighted by atomic mass is 32.1. The average molecular weight is 377 g/mol. The molecule has 0 spiro atoms. The molecular formula is C18H23N3O4S. The summed E-state index contributed by atoms with van der Waals surface area (Å²) in [6.07, 6.45) is 4.85. The maximum Gasteiger partial charge on any atom is 0.306 e. The molecule has 2 atom stereocenters. The van der Waals surface area contributed by atoms with Crippen LogP contribution in [0.3, 0.4) is 0 Å². The molecule has 1 aliphatic carbocycles. The molecule has 0 bridgehead atoms. The van der Waals surface area contributed by atoms with Crippen LogP contribution in [0.2, 0.25) is 0 Å². The highest BCUT2D eigenvalue weighted by molar-refractivity contribution is 7.13. The third-order valence-electron chi connectivity index (χ3n) is 4.57. The standard InChI is InChI=1S/C18H23N3O4S/c1-12-5-2-3-6-13(12)19-15(22)11-24-17(23)9-8-16-20-18(21-25-16)14-7-4-10-26-14/h4,7,10,12-13H,2-3,5-6,8-9,11H2,1H3,(H,19,22)/t12-,13+/m0/s1. The average Bonchev–Trinajstić information content (AvgIpc) is 3.31. The van der Waals surface area contributed by atoms with Gasteiger partial charge in [0.1, 0.15) is 0 Å². The van der Waals surface area contributed by atoms with Gasteiger partial charge < -0.3 is 14.6 Å². The Bertz CT molecular complexity index is 729. The van der Waals surface area contributed by atoms with E-state index >= 15 is 0 Å². The van der Waals surface area contributed by atoms with Gasteiger partial charge in [0, 0.05) is 12.5 Å². The zero-order chi connectivity index (χ0) is 18.4. The normalized spacial score (nSPS) is 19.9. The Kier molecular flexibility index (Phi) is 6.38. The van der Waals surface area contributed by atoms with Gasteiger partial charge in [0.25, 0.3) is 5.91 Å². The molecule has 7 nitrogen and oxygen atoms in total. The molecule has 1 saturated carbocycles. The number of aryl methyl sites for hydroxylation is 1. The smallest absolute Gasteiger partial charge is 0.306 e. The molecule has 0 radical (unpaired) electrons. The lowest BCUT2D eigenvalue weighted by Gasteiger charge is -2.29. The summed E-state index contributed by atoms with van der Waals surface area (Å²) in [6.45, 7) is 1.90. The summed E-state index contributed by atoms with van der Waals surface area (Å²) in [5.41, 5.74) is 0. The first-order chi connectivity index (χ1) is 12.6. The molecule has 2 heterocycles. The largest absolute Gasteiger partial charge is 0.456 e. The van der Waals surface area contributed by atoms with Crippen LogP contribution in [0.1, 0.15) is 44.9 Å². The molecule has 1 N–H and O–H groups in total. The minimum absolute atomic E-state index is 0.0964. The molecule has 2 aromatic rings. The first-order valence-electron chi connectivity index (χ1n) is 8.93.